The van der Waals surface area contributed by atoms with Gasteiger partial charge in [-0.05, 0) is 106 Å². The van der Waals surface area contributed by atoms with Crippen LogP contribution in [0.2, 0.25) is 0 Å². The van der Waals surface area contributed by atoms with Gasteiger partial charge in [0.25, 0.3) is 0 Å². The van der Waals surface area contributed by atoms with E-state index in [2.05, 4.69) is 152 Å². The van der Waals surface area contributed by atoms with Crippen molar-refractivity contribution in [2.75, 3.05) is 0 Å². The summed E-state index contributed by atoms with van der Waals surface area (Å²) < 4.78 is 45.3. The first-order valence-corrected chi connectivity index (χ1v) is 23.2. The van der Waals surface area contributed by atoms with Gasteiger partial charge in [-0.2, -0.15) is 0 Å². The van der Waals surface area contributed by atoms with Crippen LogP contribution in [-0.4, -0.2) is 24.9 Å². The molecule has 6 nitrogen and oxygen atoms in total. The molecule has 7 heteroatoms. The number of furan rings is 1. The molecule has 1 radical (unpaired) electrons. The summed E-state index contributed by atoms with van der Waals surface area (Å²) in [5.41, 5.74) is 11.2. The molecule has 0 unspecified atom stereocenters. The zero-order chi connectivity index (χ0) is 52.6. The molecular formula is C62H61IrN5O-2. The molecule has 0 fully saturated rings. The van der Waals surface area contributed by atoms with E-state index in [0.29, 0.717) is 22.6 Å². The van der Waals surface area contributed by atoms with Gasteiger partial charge in [-0.25, -0.2) is 15.0 Å². The van der Waals surface area contributed by atoms with E-state index in [4.69, 9.17) is 31.2 Å². The second-order valence-electron chi connectivity index (χ2n) is 21.0. The molecule has 0 aliphatic carbocycles. The molecule has 6 aromatic carbocycles. The third-order valence-corrected chi connectivity index (χ3v) is 12.1. The van der Waals surface area contributed by atoms with Crippen molar-refractivity contribution in [2.45, 2.75) is 107 Å². The van der Waals surface area contributed by atoms with Crippen molar-refractivity contribution < 1.29 is 31.4 Å². The van der Waals surface area contributed by atoms with E-state index in [0.717, 1.165) is 78.0 Å². The molecule has 0 amide bonds. The van der Waals surface area contributed by atoms with E-state index in [1.54, 1.807) is 24.3 Å². The second-order valence-corrected chi connectivity index (χ2v) is 21.0. The third-order valence-electron chi connectivity index (χ3n) is 12.1. The minimum atomic E-state index is -2.14. The van der Waals surface area contributed by atoms with Crippen molar-refractivity contribution in [3.8, 4) is 45.0 Å². The SMILES string of the molecule is Cc1cnc(-c2[c-]ccc3c2oc2c3ccc3c4ccccc4ccc32)cc1-c1c(C)cc(-c2nc(C(C)(C)C)nc(C(C)(C)C)n2)cc1C.[2H]C([2H])([2H])c1c[c-]c(-c2ccc(C([2H])([2H])C(C)(C)C)cn2)cc1.[Ir]. The number of hydrogen-bond donors (Lipinski definition) is 0. The molecular weight excluding hydrogens is 1020 g/mol. The van der Waals surface area contributed by atoms with Gasteiger partial charge in [0.05, 0.1) is 5.58 Å². The predicted molar refractivity (Wildman–Crippen MR) is 283 cm³/mol. The molecule has 0 bridgehead atoms. The van der Waals surface area contributed by atoms with Crippen LogP contribution in [-0.2, 0) is 37.3 Å². The van der Waals surface area contributed by atoms with Gasteiger partial charge >= 0.3 is 0 Å². The molecule has 10 aromatic rings. The quantitative estimate of drug-likeness (QED) is 0.126. The van der Waals surface area contributed by atoms with E-state index in [-0.39, 0.29) is 36.5 Å². The van der Waals surface area contributed by atoms with Gasteiger partial charge in [-0.15, -0.1) is 53.6 Å². The second kappa shape index (κ2) is 18.8. The van der Waals surface area contributed by atoms with Crippen LogP contribution < -0.4 is 0 Å². The van der Waals surface area contributed by atoms with Crippen LogP contribution in [0.25, 0.3) is 88.5 Å². The Balaban J connectivity index is 0.000000256. The van der Waals surface area contributed by atoms with Crippen molar-refractivity contribution >= 4 is 43.5 Å². The number of rotatable bonds is 5. The summed E-state index contributed by atoms with van der Waals surface area (Å²) in [6, 6.07) is 42.5. The Morgan fingerprint density at radius 2 is 1.26 bits per heavy atom. The average molecular weight is 1090 g/mol. The van der Waals surface area contributed by atoms with Crippen molar-refractivity contribution in [1.82, 2.24) is 24.9 Å². The van der Waals surface area contributed by atoms with E-state index < -0.39 is 18.6 Å². The van der Waals surface area contributed by atoms with Gasteiger partial charge in [0.1, 0.15) is 17.2 Å². The molecule has 0 atom stereocenters. The minimum Gasteiger partial charge on any atom is -0.500 e. The zero-order valence-electron chi connectivity index (χ0n) is 46.5. The Labute approximate surface area is 428 Å². The van der Waals surface area contributed by atoms with Crippen LogP contribution >= 0.6 is 0 Å². The number of aromatic nitrogens is 5. The Kier molecular flexibility index (Phi) is 11.6. The molecule has 0 saturated heterocycles. The van der Waals surface area contributed by atoms with Crippen LogP contribution in [0, 0.1) is 45.2 Å². The molecule has 69 heavy (non-hydrogen) atoms. The Bertz CT molecular complexity index is 3680. The maximum absolute atomic E-state index is 8.25. The number of fused-ring (bicyclic) bond motifs is 7. The van der Waals surface area contributed by atoms with Gasteiger partial charge in [-0.1, -0.05) is 147 Å². The fourth-order valence-corrected chi connectivity index (χ4v) is 8.74. The Morgan fingerprint density at radius 1 is 0.609 bits per heavy atom. The normalized spacial score (nSPS) is 13.5. The summed E-state index contributed by atoms with van der Waals surface area (Å²) in [5.74, 6) is 2.32. The topological polar surface area (TPSA) is 77.6 Å². The maximum Gasteiger partial charge on any atom is 0.163 e. The monoisotopic (exact) mass is 1090 g/mol. The molecule has 0 N–H and O–H groups in total. The molecule has 0 aliphatic rings. The van der Waals surface area contributed by atoms with E-state index >= 15 is 0 Å². The fourth-order valence-electron chi connectivity index (χ4n) is 8.74. The molecule has 351 valence electrons. The summed E-state index contributed by atoms with van der Waals surface area (Å²) in [7, 11) is 0. The zero-order valence-corrected chi connectivity index (χ0v) is 43.9. The standard InChI is InChI=1S/C45H41N4O.C17H20N.Ir/c1-25-21-29(41-47-42(44(4,5)6)49-43(48-41)45(7,8)9)22-26(2)38(25)36-23-37(46-24-27(36)3)35-16-12-15-32-34-20-19-31-30-14-11-10-13-28(30)17-18-33(31)39(34)50-40(32)35;1-13-5-8-15(9-6-13)16-10-7-14(12-18-16)11-17(2,3)4;/h10-15,17-24H,1-9H3;5-8,10,12H,11H2,1-4H3;/q2*-1;/i;1D3,11D2;. The van der Waals surface area contributed by atoms with Crippen molar-refractivity contribution in [1.29, 1.82) is 0 Å². The largest absolute Gasteiger partial charge is 0.500 e. The van der Waals surface area contributed by atoms with Gasteiger partial charge in [0, 0.05) is 66.5 Å². The first-order valence-electron chi connectivity index (χ1n) is 25.7. The summed E-state index contributed by atoms with van der Waals surface area (Å²) in [5, 5.41) is 6.89. The summed E-state index contributed by atoms with van der Waals surface area (Å²) in [6.45, 7) is 22.8. The van der Waals surface area contributed by atoms with Crippen LogP contribution in [0.15, 0.2) is 126 Å². The Morgan fingerprint density at radius 3 is 1.90 bits per heavy atom. The summed E-state index contributed by atoms with van der Waals surface area (Å²) in [4.78, 5) is 24.1. The number of nitrogens with zero attached hydrogens (tertiary/aromatic N) is 5. The molecule has 4 aromatic heterocycles. The van der Waals surface area contributed by atoms with Gasteiger partial charge < -0.3 is 14.4 Å². The van der Waals surface area contributed by atoms with Gasteiger partial charge in [0.15, 0.2) is 5.82 Å². The molecule has 0 saturated carbocycles. The smallest absolute Gasteiger partial charge is 0.163 e. The number of pyridine rings is 2. The van der Waals surface area contributed by atoms with E-state index in [9.17, 15) is 0 Å². The van der Waals surface area contributed by atoms with Crippen LogP contribution in [0.4, 0.5) is 0 Å². The van der Waals surface area contributed by atoms with Crippen LogP contribution in [0.3, 0.4) is 0 Å². The number of benzene rings is 6. The predicted octanol–water partition coefficient (Wildman–Crippen LogP) is 16.2. The maximum atomic E-state index is 8.25. The van der Waals surface area contributed by atoms with Crippen LogP contribution in [0.1, 0.15) is 109 Å². The van der Waals surface area contributed by atoms with Gasteiger partial charge in [-0.3, -0.25) is 0 Å². The van der Waals surface area contributed by atoms with Gasteiger partial charge in [0.2, 0.25) is 0 Å². The van der Waals surface area contributed by atoms with E-state index in [1.165, 1.54) is 34.0 Å². The average Bonchev–Trinajstić information content (AvgIpc) is 3.73. The summed E-state index contributed by atoms with van der Waals surface area (Å²) in [6.07, 6.45) is 2.00. The van der Waals surface area contributed by atoms with Crippen LogP contribution in [0.5, 0.6) is 0 Å². The minimum absolute atomic E-state index is 0. The van der Waals surface area contributed by atoms with Crippen molar-refractivity contribution in [3.05, 3.63) is 173 Å². The Hall–Kier alpha value is -6.40. The first-order chi connectivity index (χ1) is 34.2. The molecule has 0 aliphatic heterocycles. The first kappa shape index (κ1) is 42.7. The van der Waals surface area contributed by atoms with Crippen molar-refractivity contribution in [2.24, 2.45) is 5.41 Å². The molecule has 10 rings (SSSR count). The fraction of sp³-hybridized carbons (Fsp3) is 0.274. The van der Waals surface area contributed by atoms with Crippen molar-refractivity contribution in [3.63, 3.8) is 0 Å². The third kappa shape index (κ3) is 10.2. The van der Waals surface area contributed by atoms with E-state index in [1.807, 2.05) is 33.0 Å². The summed E-state index contributed by atoms with van der Waals surface area (Å²) >= 11 is 0. The number of hydrogen-bond acceptors (Lipinski definition) is 6. The molecule has 4 heterocycles. The molecule has 0 spiro atoms. The number of aryl methyl sites for hydroxylation is 4.